The molecule has 2 amide bonds. The summed E-state index contributed by atoms with van der Waals surface area (Å²) in [5.41, 5.74) is -6.79. The van der Waals surface area contributed by atoms with Gasteiger partial charge in [-0.15, -0.1) is 0 Å². The molecule has 0 aromatic heterocycles. The maximum atomic E-state index is 12.7. The van der Waals surface area contributed by atoms with E-state index in [0.717, 1.165) is 0 Å². The van der Waals surface area contributed by atoms with Gasteiger partial charge in [0.05, 0.1) is 0 Å². The van der Waals surface area contributed by atoms with Gasteiger partial charge in [0.15, 0.2) is 0 Å². The second-order valence-corrected chi connectivity index (χ2v) is 5.59. The summed E-state index contributed by atoms with van der Waals surface area (Å²) in [6.07, 6.45) is 0. The molecule has 126 valence electrons. The van der Waals surface area contributed by atoms with E-state index in [-0.39, 0.29) is 11.1 Å². The van der Waals surface area contributed by atoms with Crippen molar-refractivity contribution >= 4 is 23.4 Å². The van der Waals surface area contributed by atoms with Crippen LogP contribution < -0.4 is 5.32 Å². The lowest BCUT2D eigenvalue weighted by molar-refractivity contribution is -0.148. The molecule has 0 spiro atoms. The second-order valence-electron chi connectivity index (χ2n) is 5.59. The second kappa shape index (κ2) is 5.73. The molecule has 0 radical (unpaired) electrons. The summed E-state index contributed by atoms with van der Waals surface area (Å²) in [5, 5.41) is 23.2. The van der Waals surface area contributed by atoms with E-state index in [1.54, 1.807) is 17.4 Å². The van der Waals surface area contributed by atoms with Crippen LogP contribution >= 0.6 is 0 Å². The van der Waals surface area contributed by atoms with Crippen molar-refractivity contribution < 1.29 is 29.4 Å². The van der Waals surface area contributed by atoms with Crippen molar-refractivity contribution in [1.29, 1.82) is 0 Å². The molecule has 0 bridgehead atoms. The van der Waals surface area contributed by atoms with E-state index in [0.29, 0.717) is 0 Å². The third-order valence-corrected chi connectivity index (χ3v) is 4.14. The van der Waals surface area contributed by atoms with Crippen LogP contribution in [0.15, 0.2) is 60.7 Å². The van der Waals surface area contributed by atoms with E-state index < -0.39 is 34.6 Å². The predicted molar refractivity (Wildman–Crippen MR) is 84.6 cm³/mol. The normalized spacial score (nSPS) is 25.5. The summed E-state index contributed by atoms with van der Waals surface area (Å²) in [5.74, 6) is -5.39. The first-order valence-electron chi connectivity index (χ1n) is 7.34. The number of hydrogen-bond donors (Lipinski definition) is 3. The molecule has 2 unspecified atom stereocenters. The SMILES string of the molecule is O=C1NC(=O)C(O)(C(=O)c2ccccc2)C1(O)C(=O)c1ccccc1. The zero-order valence-corrected chi connectivity index (χ0v) is 12.8. The standard InChI is InChI=1S/C18H13NO6/c20-13(11-7-3-1-4-8-11)17(24)15(22)19-16(23)18(17,25)14(21)12-9-5-2-6-10-12/h1-10,24-25H,(H,19,22,23). The number of ketones is 2. The predicted octanol–water partition coefficient (Wildman–Crippen LogP) is -0.129. The van der Waals surface area contributed by atoms with Crippen LogP contribution in [0.4, 0.5) is 0 Å². The van der Waals surface area contributed by atoms with Crippen molar-refractivity contribution in [2.75, 3.05) is 0 Å². The van der Waals surface area contributed by atoms with Gasteiger partial charge in [0, 0.05) is 11.1 Å². The molecule has 7 heteroatoms. The molecule has 1 heterocycles. The first kappa shape index (κ1) is 16.7. The highest BCUT2D eigenvalue weighted by Crippen LogP contribution is 2.35. The quantitative estimate of drug-likeness (QED) is 0.405. The molecule has 0 saturated carbocycles. The van der Waals surface area contributed by atoms with Gasteiger partial charge in [-0.3, -0.25) is 24.5 Å². The fourth-order valence-electron chi connectivity index (χ4n) is 2.74. The summed E-state index contributed by atoms with van der Waals surface area (Å²) in [4.78, 5) is 49.7. The third-order valence-electron chi connectivity index (χ3n) is 4.14. The smallest absolute Gasteiger partial charge is 0.271 e. The molecule has 1 aliphatic heterocycles. The first-order valence-corrected chi connectivity index (χ1v) is 7.34. The molecule has 1 aliphatic rings. The van der Waals surface area contributed by atoms with E-state index in [1.165, 1.54) is 48.5 Å². The highest BCUT2D eigenvalue weighted by Gasteiger charge is 2.73. The van der Waals surface area contributed by atoms with Crippen molar-refractivity contribution in [3.63, 3.8) is 0 Å². The van der Waals surface area contributed by atoms with Gasteiger partial charge in [-0.2, -0.15) is 0 Å². The van der Waals surface area contributed by atoms with E-state index in [2.05, 4.69) is 0 Å². The van der Waals surface area contributed by atoms with Gasteiger partial charge in [-0.1, -0.05) is 60.7 Å². The Morgan fingerprint density at radius 3 is 1.32 bits per heavy atom. The minimum atomic E-state index is -3.27. The number of amides is 2. The Hall–Kier alpha value is -3.16. The minimum Gasteiger partial charge on any atom is -0.370 e. The Morgan fingerprint density at radius 2 is 1.00 bits per heavy atom. The van der Waals surface area contributed by atoms with Gasteiger partial charge < -0.3 is 10.2 Å². The first-order chi connectivity index (χ1) is 11.8. The average molecular weight is 339 g/mol. The van der Waals surface area contributed by atoms with Crippen LogP contribution in [0, 0.1) is 0 Å². The molecule has 0 aliphatic carbocycles. The minimum absolute atomic E-state index is 0.130. The number of Topliss-reactive ketones (excluding diaryl/α,β-unsaturated/α-hetero) is 2. The highest BCUT2D eigenvalue weighted by atomic mass is 16.4. The molecule has 1 saturated heterocycles. The Bertz CT molecular complexity index is 805. The van der Waals surface area contributed by atoms with Crippen LogP contribution in [-0.2, 0) is 9.59 Å². The van der Waals surface area contributed by atoms with Gasteiger partial charge in [0.2, 0.25) is 11.6 Å². The van der Waals surface area contributed by atoms with Crippen molar-refractivity contribution in [2.45, 2.75) is 11.2 Å². The van der Waals surface area contributed by atoms with E-state index in [1.807, 2.05) is 0 Å². The zero-order valence-electron chi connectivity index (χ0n) is 12.8. The fraction of sp³-hybridized carbons (Fsp3) is 0.111. The summed E-state index contributed by atoms with van der Waals surface area (Å²) in [6, 6.07) is 14.3. The van der Waals surface area contributed by atoms with E-state index in [9.17, 15) is 29.4 Å². The molecule has 2 aromatic carbocycles. The number of carbonyl (C=O) groups is 4. The molecule has 7 nitrogen and oxygen atoms in total. The fourth-order valence-corrected chi connectivity index (χ4v) is 2.74. The van der Waals surface area contributed by atoms with E-state index >= 15 is 0 Å². The lowest BCUT2D eigenvalue weighted by Crippen LogP contribution is -2.65. The van der Waals surface area contributed by atoms with Crippen molar-refractivity contribution in [3.05, 3.63) is 71.8 Å². The van der Waals surface area contributed by atoms with Crippen LogP contribution in [-0.4, -0.2) is 44.8 Å². The summed E-state index contributed by atoms with van der Waals surface area (Å²) in [6.45, 7) is 0. The largest absolute Gasteiger partial charge is 0.370 e. The highest BCUT2D eigenvalue weighted by molar-refractivity contribution is 6.37. The number of aliphatic hydroxyl groups is 2. The number of hydrogen-bond acceptors (Lipinski definition) is 6. The van der Waals surface area contributed by atoms with Gasteiger partial charge in [0.25, 0.3) is 23.0 Å². The molecule has 2 atom stereocenters. The van der Waals surface area contributed by atoms with Gasteiger partial charge in [-0.25, -0.2) is 0 Å². The number of nitrogens with one attached hydrogen (secondary N) is 1. The van der Waals surface area contributed by atoms with Gasteiger partial charge >= 0.3 is 0 Å². The Kier molecular flexibility index (Phi) is 3.82. The van der Waals surface area contributed by atoms with Crippen LogP contribution in [0.2, 0.25) is 0 Å². The molecular formula is C18H13NO6. The number of benzene rings is 2. The number of imide groups is 1. The monoisotopic (exact) mass is 339 g/mol. The molecule has 2 aromatic rings. The van der Waals surface area contributed by atoms with E-state index in [4.69, 9.17) is 0 Å². The Morgan fingerprint density at radius 1 is 0.680 bits per heavy atom. The zero-order chi connectivity index (χ0) is 18.2. The van der Waals surface area contributed by atoms with Crippen LogP contribution in [0.1, 0.15) is 20.7 Å². The number of rotatable bonds is 4. The molecule has 25 heavy (non-hydrogen) atoms. The van der Waals surface area contributed by atoms with Crippen molar-refractivity contribution in [1.82, 2.24) is 5.32 Å². The lowest BCUT2D eigenvalue weighted by Gasteiger charge is -2.30. The van der Waals surface area contributed by atoms with Gasteiger partial charge in [0.1, 0.15) is 0 Å². The molecule has 3 rings (SSSR count). The van der Waals surface area contributed by atoms with Crippen molar-refractivity contribution in [2.24, 2.45) is 0 Å². The molecule has 1 fully saturated rings. The van der Waals surface area contributed by atoms with Crippen LogP contribution in [0.25, 0.3) is 0 Å². The Labute approximate surface area is 141 Å². The summed E-state index contributed by atoms with van der Waals surface area (Å²) >= 11 is 0. The van der Waals surface area contributed by atoms with Crippen LogP contribution in [0.5, 0.6) is 0 Å². The van der Waals surface area contributed by atoms with Crippen LogP contribution in [0.3, 0.4) is 0 Å². The maximum absolute atomic E-state index is 12.7. The van der Waals surface area contributed by atoms with Gasteiger partial charge in [-0.05, 0) is 0 Å². The maximum Gasteiger partial charge on any atom is 0.271 e. The average Bonchev–Trinajstić information content (AvgIpc) is 2.83. The molecule has 3 N–H and O–H groups in total. The topological polar surface area (TPSA) is 121 Å². The summed E-state index contributed by atoms with van der Waals surface area (Å²) in [7, 11) is 0. The summed E-state index contributed by atoms with van der Waals surface area (Å²) < 4.78 is 0. The lowest BCUT2D eigenvalue weighted by atomic mass is 9.75. The van der Waals surface area contributed by atoms with Crippen molar-refractivity contribution in [3.8, 4) is 0 Å². The third kappa shape index (κ3) is 2.21. The number of carbonyl (C=O) groups excluding carboxylic acids is 4. The molecular weight excluding hydrogens is 326 g/mol. The Balaban J connectivity index is 2.16.